The Morgan fingerprint density at radius 1 is 1.42 bits per heavy atom. The molecule has 1 fully saturated rings. The van der Waals surface area contributed by atoms with Gasteiger partial charge in [0.25, 0.3) is 0 Å². The van der Waals surface area contributed by atoms with Crippen molar-refractivity contribution in [1.29, 1.82) is 0 Å². The molecule has 0 aliphatic carbocycles. The maximum Gasteiger partial charge on any atom is 0.0183 e. The molecule has 0 aromatic rings. The molecule has 0 amide bonds. The summed E-state index contributed by atoms with van der Waals surface area (Å²) in [6, 6.07) is 1.11. The molecule has 0 aromatic carbocycles. The number of nitrogens with two attached hydrogens (primary N) is 1. The van der Waals surface area contributed by atoms with Crippen molar-refractivity contribution in [3.8, 4) is 0 Å². The summed E-state index contributed by atoms with van der Waals surface area (Å²) in [6.45, 7) is 10.1. The van der Waals surface area contributed by atoms with E-state index in [4.69, 9.17) is 5.73 Å². The van der Waals surface area contributed by atoms with E-state index in [1.54, 1.807) is 0 Å². The van der Waals surface area contributed by atoms with E-state index in [1.807, 2.05) is 0 Å². The summed E-state index contributed by atoms with van der Waals surface area (Å²) in [5.74, 6) is 0. The molecule has 1 aliphatic heterocycles. The molecule has 0 aromatic heterocycles. The highest BCUT2D eigenvalue weighted by atomic mass is 15.2. The Labute approximate surface area is 76.1 Å². The molecule has 0 spiro atoms. The van der Waals surface area contributed by atoms with Crippen LogP contribution in [0.25, 0.3) is 0 Å². The molecular weight excluding hydrogens is 148 g/mol. The maximum absolute atomic E-state index is 5.95. The van der Waals surface area contributed by atoms with Crippen LogP contribution in [0.5, 0.6) is 0 Å². The van der Waals surface area contributed by atoms with Crippen LogP contribution in [0, 0.1) is 0 Å². The highest BCUT2D eigenvalue weighted by Gasteiger charge is 2.35. The van der Waals surface area contributed by atoms with Crippen molar-refractivity contribution in [2.45, 2.75) is 58.2 Å². The number of nitrogens with zero attached hydrogens (tertiary/aromatic N) is 1. The van der Waals surface area contributed by atoms with Gasteiger partial charge in [0.2, 0.25) is 0 Å². The van der Waals surface area contributed by atoms with Crippen LogP contribution in [-0.4, -0.2) is 29.1 Å². The van der Waals surface area contributed by atoms with Crippen LogP contribution in [0.2, 0.25) is 0 Å². The van der Waals surface area contributed by atoms with Gasteiger partial charge in [0.15, 0.2) is 0 Å². The van der Waals surface area contributed by atoms with Crippen LogP contribution in [0.3, 0.4) is 0 Å². The van der Waals surface area contributed by atoms with E-state index in [0.29, 0.717) is 12.1 Å². The topological polar surface area (TPSA) is 29.3 Å². The Kier molecular flexibility index (Phi) is 2.79. The first kappa shape index (κ1) is 10.0. The van der Waals surface area contributed by atoms with Crippen molar-refractivity contribution >= 4 is 0 Å². The van der Waals surface area contributed by atoms with Crippen LogP contribution < -0.4 is 5.73 Å². The first-order valence-electron chi connectivity index (χ1n) is 4.97. The third-order valence-corrected chi connectivity index (χ3v) is 2.78. The smallest absolute Gasteiger partial charge is 0.0183 e. The van der Waals surface area contributed by atoms with Crippen molar-refractivity contribution in [3.63, 3.8) is 0 Å². The molecular formula is C10H22N2. The molecule has 72 valence electrons. The molecule has 12 heavy (non-hydrogen) atoms. The van der Waals surface area contributed by atoms with Gasteiger partial charge < -0.3 is 5.73 Å². The van der Waals surface area contributed by atoms with E-state index in [9.17, 15) is 0 Å². The van der Waals surface area contributed by atoms with Gasteiger partial charge in [-0.1, -0.05) is 6.92 Å². The highest BCUT2D eigenvalue weighted by Crippen LogP contribution is 2.27. The highest BCUT2D eigenvalue weighted by molar-refractivity contribution is 4.92. The second-order valence-corrected chi connectivity index (χ2v) is 4.88. The molecule has 0 bridgehead atoms. The number of likely N-dealkylation sites (tertiary alicyclic amines) is 1. The Balaban J connectivity index is 2.64. The first-order chi connectivity index (χ1) is 5.45. The number of rotatable bonds is 1. The van der Waals surface area contributed by atoms with Gasteiger partial charge in [-0.15, -0.1) is 0 Å². The van der Waals surface area contributed by atoms with Crippen molar-refractivity contribution < 1.29 is 0 Å². The minimum Gasteiger partial charge on any atom is -0.326 e. The molecule has 1 aliphatic rings. The van der Waals surface area contributed by atoms with Crippen LogP contribution in [0.15, 0.2) is 0 Å². The quantitative estimate of drug-likeness (QED) is 0.647. The summed E-state index contributed by atoms with van der Waals surface area (Å²) in [6.07, 6.45) is 2.40. The second kappa shape index (κ2) is 3.35. The maximum atomic E-state index is 5.95. The van der Waals surface area contributed by atoms with Gasteiger partial charge in [0.1, 0.15) is 0 Å². The van der Waals surface area contributed by atoms with E-state index < -0.39 is 0 Å². The average Bonchev–Trinajstić information content (AvgIpc) is 2.29. The second-order valence-electron chi connectivity index (χ2n) is 4.88. The Morgan fingerprint density at radius 2 is 2.00 bits per heavy atom. The lowest BCUT2D eigenvalue weighted by Gasteiger charge is -2.36. The third-order valence-electron chi connectivity index (χ3n) is 2.78. The summed E-state index contributed by atoms with van der Waals surface area (Å²) in [5, 5.41) is 0. The average molecular weight is 170 g/mol. The van der Waals surface area contributed by atoms with E-state index in [0.717, 1.165) is 6.54 Å². The largest absolute Gasteiger partial charge is 0.326 e. The fraction of sp³-hybridized carbons (Fsp3) is 1.00. The molecule has 2 atom stereocenters. The van der Waals surface area contributed by atoms with E-state index >= 15 is 0 Å². The monoisotopic (exact) mass is 170 g/mol. The van der Waals surface area contributed by atoms with Crippen molar-refractivity contribution in [3.05, 3.63) is 0 Å². The minimum atomic E-state index is 0.287. The fourth-order valence-electron chi connectivity index (χ4n) is 2.16. The van der Waals surface area contributed by atoms with Gasteiger partial charge in [-0.3, -0.25) is 4.90 Å². The number of hydrogen-bond donors (Lipinski definition) is 1. The van der Waals surface area contributed by atoms with E-state index in [1.165, 1.54) is 12.8 Å². The van der Waals surface area contributed by atoms with Gasteiger partial charge in [-0.05, 0) is 33.6 Å². The fourth-order valence-corrected chi connectivity index (χ4v) is 2.16. The van der Waals surface area contributed by atoms with E-state index in [2.05, 4.69) is 32.6 Å². The zero-order chi connectivity index (χ0) is 9.35. The lowest BCUT2D eigenvalue weighted by Crippen LogP contribution is -2.45. The predicted molar refractivity (Wildman–Crippen MR) is 53.1 cm³/mol. The summed E-state index contributed by atoms with van der Waals surface area (Å²) < 4.78 is 0. The van der Waals surface area contributed by atoms with Crippen LogP contribution >= 0.6 is 0 Å². The lowest BCUT2D eigenvalue weighted by molar-refractivity contribution is 0.118. The Hall–Kier alpha value is -0.0800. The lowest BCUT2D eigenvalue weighted by atomic mass is 10.0. The zero-order valence-electron chi connectivity index (χ0n) is 8.80. The zero-order valence-corrected chi connectivity index (χ0v) is 8.80. The van der Waals surface area contributed by atoms with Gasteiger partial charge in [0, 0.05) is 24.2 Å². The standard InChI is InChI=1S/C10H22N2/c1-5-9-6-8(11)7-12(9)10(2,3)4/h8-9H,5-7,11H2,1-4H3/t8-,9+/m1/s1. The SMILES string of the molecule is CC[C@H]1C[C@@H](N)CN1C(C)(C)C. The first-order valence-corrected chi connectivity index (χ1v) is 4.97. The van der Waals surface area contributed by atoms with Crippen molar-refractivity contribution in [2.75, 3.05) is 6.54 Å². The Morgan fingerprint density at radius 3 is 2.33 bits per heavy atom. The van der Waals surface area contributed by atoms with E-state index in [-0.39, 0.29) is 5.54 Å². The van der Waals surface area contributed by atoms with Gasteiger partial charge in [0.05, 0.1) is 0 Å². The van der Waals surface area contributed by atoms with Gasteiger partial charge in [-0.2, -0.15) is 0 Å². The summed E-state index contributed by atoms with van der Waals surface area (Å²) >= 11 is 0. The van der Waals surface area contributed by atoms with Crippen molar-refractivity contribution in [2.24, 2.45) is 5.73 Å². The third kappa shape index (κ3) is 1.99. The normalized spacial score (nSPS) is 32.8. The van der Waals surface area contributed by atoms with Crippen molar-refractivity contribution in [1.82, 2.24) is 4.90 Å². The molecule has 0 radical (unpaired) electrons. The van der Waals surface area contributed by atoms with Crippen LogP contribution in [-0.2, 0) is 0 Å². The molecule has 0 saturated carbocycles. The summed E-state index contributed by atoms with van der Waals surface area (Å²) in [4.78, 5) is 2.54. The van der Waals surface area contributed by atoms with Crippen LogP contribution in [0.1, 0.15) is 40.5 Å². The minimum absolute atomic E-state index is 0.287. The van der Waals surface area contributed by atoms with Crippen LogP contribution in [0.4, 0.5) is 0 Å². The molecule has 2 nitrogen and oxygen atoms in total. The Bertz CT molecular complexity index is 148. The summed E-state index contributed by atoms with van der Waals surface area (Å²) in [7, 11) is 0. The molecule has 1 heterocycles. The molecule has 0 unspecified atom stereocenters. The molecule has 1 saturated heterocycles. The van der Waals surface area contributed by atoms with Gasteiger partial charge in [-0.25, -0.2) is 0 Å². The summed E-state index contributed by atoms with van der Waals surface area (Å²) in [5.41, 5.74) is 6.23. The molecule has 1 rings (SSSR count). The number of hydrogen-bond acceptors (Lipinski definition) is 2. The molecule has 2 heteroatoms. The predicted octanol–water partition coefficient (Wildman–Crippen LogP) is 1.60. The molecule has 2 N–H and O–H groups in total. The van der Waals surface area contributed by atoms with Gasteiger partial charge >= 0.3 is 0 Å².